The number of nitrogens with zero attached hydrogens (tertiary/aromatic N) is 1. The minimum absolute atomic E-state index is 0.294. The fourth-order valence-corrected chi connectivity index (χ4v) is 2.46. The predicted molar refractivity (Wildman–Crippen MR) is 78.2 cm³/mol. The summed E-state index contributed by atoms with van der Waals surface area (Å²) in [7, 11) is 0. The van der Waals surface area contributed by atoms with Gasteiger partial charge in [0, 0.05) is 5.56 Å². The maximum absolute atomic E-state index is 12.2. The third kappa shape index (κ3) is 2.74. The van der Waals surface area contributed by atoms with Gasteiger partial charge in [0.05, 0.1) is 10.2 Å². The highest BCUT2D eigenvalue weighted by atomic mass is 79.9. The first-order valence-electron chi connectivity index (χ1n) is 6.02. The molecule has 0 bridgehead atoms. The first-order valence-corrected chi connectivity index (χ1v) is 6.82. The summed E-state index contributed by atoms with van der Waals surface area (Å²) < 4.78 is 46.2. The summed E-state index contributed by atoms with van der Waals surface area (Å²) in [6.45, 7) is 0. The second-order valence-corrected chi connectivity index (χ2v) is 5.22. The predicted octanol–water partition coefficient (Wildman–Crippen LogP) is 4.74. The lowest BCUT2D eigenvalue weighted by molar-refractivity contribution is -0.274. The summed E-state index contributed by atoms with van der Waals surface area (Å²) in [5.41, 5.74) is 8.67. The van der Waals surface area contributed by atoms with Crippen molar-refractivity contribution in [2.24, 2.45) is 0 Å². The lowest BCUT2D eigenvalue weighted by atomic mass is 10.0. The summed E-state index contributed by atoms with van der Waals surface area (Å²) in [4.78, 5) is 4.12. The molecule has 3 rings (SSSR count). The fraction of sp³-hybridized carbons (Fsp3) is 0.0714. The van der Waals surface area contributed by atoms with Crippen LogP contribution in [0.2, 0.25) is 0 Å². The Morgan fingerprint density at radius 2 is 1.86 bits per heavy atom. The Balaban J connectivity index is 2.05. The number of oxazole rings is 1. The first-order chi connectivity index (χ1) is 10.3. The normalized spacial score (nSPS) is 11.8. The van der Waals surface area contributed by atoms with Gasteiger partial charge in [0.25, 0.3) is 0 Å². The molecule has 0 fully saturated rings. The molecule has 4 nitrogen and oxygen atoms in total. The molecule has 2 N–H and O–H groups in total. The Hall–Kier alpha value is -2.22. The molecule has 0 aliphatic rings. The Bertz CT molecular complexity index is 828. The number of anilines is 1. The van der Waals surface area contributed by atoms with E-state index in [-0.39, 0.29) is 5.75 Å². The number of hydrogen-bond donors (Lipinski definition) is 1. The van der Waals surface area contributed by atoms with E-state index in [4.69, 9.17) is 10.2 Å². The third-order valence-corrected chi connectivity index (χ3v) is 3.79. The molecule has 0 amide bonds. The number of benzene rings is 2. The van der Waals surface area contributed by atoms with Crippen molar-refractivity contribution in [1.29, 1.82) is 0 Å². The largest absolute Gasteiger partial charge is 0.573 e. The zero-order chi connectivity index (χ0) is 15.9. The van der Waals surface area contributed by atoms with E-state index in [2.05, 4.69) is 25.7 Å². The van der Waals surface area contributed by atoms with Gasteiger partial charge in [-0.1, -0.05) is 12.1 Å². The van der Waals surface area contributed by atoms with Crippen molar-refractivity contribution in [1.82, 2.24) is 4.98 Å². The van der Waals surface area contributed by atoms with E-state index < -0.39 is 6.36 Å². The minimum atomic E-state index is -4.72. The molecule has 1 aromatic heterocycles. The number of rotatable bonds is 2. The Morgan fingerprint density at radius 3 is 2.50 bits per heavy atom. The van der Waals surface area contributed by atoms with Crippen LogP contribution in [0.25, 0.3) is 22.2 Å². The Kier molecular flexibility index (Phi) is 3.48. The molecule has 22 heavy (non-hydrogen) atoms. The quantitative estimate of drug-likeness (QED) is 0.660. The van der Waals surface area contributed by atoms with E-state index in [1.165, 1.54) is 30.7 Å². The van der Waals surface area contributed by atoms with E-state index in [1.54, 1.807) is 6.07 Å². The molecule has 0 aliphatic carbocycles. The molecule has 0 unspecified atom stereocenters. The van der Waals surface area contributed by atoms with Crippen LogP contribution in [-0.2, 0) is 0 Å². The SMILES string of the molecule is Nc1cc(-c2ccc(OC(F)(F)F)cc2)c2ncoc2c1Br. The highest BCUT2D eigenvalue weighted by Crippen LogP contribution is 2.37. The smallest absolute Gasteiger partial charge is 0.442 e. The van der Waals surface area contributed by atoms with Crippen molar-refractivity contribution in [3.63, 3.8) is 0 Å². The lowest BCUT2D eigenvalue weighted by Crippen LogP contribution is -2.16. The number of alkyl halides is 3. The number of nitrogen functional groups attached to an aromatic ring is 1. The molecule has 1 heterocycles. The molecule has 8 heteroatoms. The number of aromatic nitrogens is 1. The maximum Gasteiger partial charge on any atom is 0.573 e. The molecule has 2 aromatic carbocycles. The minimum Gasteiger partial charge on any atom is -0.442 e. The van der Waals surface area contributed by atoms with Crippen molar-refractivity contribution < 1.29 is 22.3 Å². The van der Waals surface area contributed by atoms with E-state index >= 15 is 0 Å². The van der Waals surface area contributed by atoms with Crippen LogP contribution in [0, 0.1) is 0 Å². The molecule has 0 aliphatic heterocycles. The summed E-state index contributed by atoms with van der Waals surface area (Å²) in [6, 6.07) is 7.13. The standard InChI is InChI=1S/C14H8BrF3N2O2/c15-11-10(19)5-9(12-13(11)21-6-20-12)7-1-3-8(4-2-7)22-14(16,17)18/h1-6H,19H2. The van der Waals surface area contributed by atoms with Crippen molar-refractivity contribution in [2.75, 3.05) is 5.73 Å². The van der Waals surface area contributed by atoms with Gasteiger partial charge in [-0.05, 0) is 39.7 Å². The molecule has 0 saturated heterocycles. The van der Waals surface area contributed by atoms with Crippen LogP contribution in [0.5, 0.6) is 5.75 Å². The molecule has 0 spiro atoms. The summed E-state index contributed by atoms with van der Waals surface area (Å²) in [5.74, 6) is -0.294. The van der Waals surface area contributed by atoms with Crippen molar-refractivity contribution >= 4 is 32.7 Å². The van der Waals surface area contributed by atoms with Crippen molar-refractivity contribution in [3.05, 3.63) is 41.2 Å². The van der Waals surface area contributed by atoms with Crippen LogP contribution >= 0.6 is 15.9 Å². The van der Waals surface area contributed by atoms with Crippen LogP contribution in [0.3, 0.4) is 0 Å². The van der Waals surface area contributed by atoms with Crippen molar-refractivity contribution in [2.45, 2.75) is 6.36 Å². The number of nitrogens with two attached hydrogens (primary N) is 1. The number of halogens is 4. The van der Waals surface area contributed by atoms with E-state index in [0.29, 0.717) is 32.4 Å². The van der Waals surface area contributed by atoms with E-state index in [1.807, 2.05) is 0 Å². The monoisotopic (exact) mass is 372 g/mol. The second-order valence-electron chi connectivity index (χ2n) is 4.43. The van der Waals surface area contributed by atoms with Crippen LogP contribution in [0.15, 0.2) is 45.6 Å². The van der Waals surface area contributed by atoms with Crippen LogP contribution < -0.4 is 10.5 Å². The maximum atomic E-state index is 12.2. The number of fused-ring (bicyclic) bond motifs is 1. The Labute approximate surface area is 130 Å². The molecule has 3 aromatic rings. The summed E-state index contributed by atoms with van der Waals surface area (Å²) in [6.07, 6.45) is -3.44. The number of ether oxygens (including phenoxy) is 1. The second kappa shape index (κ2) is 5.20. The zero-order valence-electron chi connectivity index (χ0n) is 10.8. The summed E-state index contributed by atoms with van der Waals surface area (Å²) >= 11 is 3.31. The van der Waals surface area contributed by atoms with E-state index in [9.17, 15) is 13.2 Å². The van der Waals surface area contributed by atoms with E-state index in [0.717, 1.165) is 0 Å². The van der Waals surface area contributed by atoms with Crippen LogP contribution in [-0.4, -0.2) is 11.3 Å². The highest BCUT2D eigenvalue weighted by Gasteiger charge is 2.31. The molecule has 0 atom stereocenters. The van der Waals surface area contributed by atoms with Gasteiger partial charge < -0.3 is 14.9 Å². The van der Waals surface area contributed by atoms with Gasteiger partial charge in [-0.2, -0.15) is 0 Å². The van der Waals surface area contributed by atoms with Crippen LogP contribution in [0.4, 0.5) is 18.9 Å². The molecule has 0 radical (unpaired) electrons. The third-order valence-electron chi connectivity index (χ3n) is 2.97. The van der Waals surface area contributed by atoms with Crippen LogP contribution in [0.1, 0.15) is 0 Å². The van der Waals surface area contributed by atoms with Gasteiger partial charge in [0.2, 0.25) is 0 Å². The van der Waals surface area contributed by atoms with Gasteiger partial charge in [0.1, 0.15) is 11.3 Å². The van der Waals surface area contributed by atoms with Gasteiger partial charge in [-0.25, -0.2) is 4.98 Å². The van der Waals surface area contributed by atoms with Gasteiger partial charge in [0.15, 0.2) is 12.0 Å². The Morgan fingerprint density at radius 1 is 1.18 bits per heavy atom. The first kappa shape index (κ1) is 14.7. The average molecular weight is 373 g/mol. The van der Waals surface area contributed by atoms with Gasteiger partial charge in [-0.3, -0.25) is 0 Å². The van der Waals surface area contributed by atoms with Crippen molar-refractivity contribution in [3.8, 4) is 16.9 Å². The summed E-state index contributed by atoms with van der Waals surface area (Å²) in [5, 5.41) is 0. The molecule has 114 valence electrons. The fourth-order valence-electron chi connectivity index (χ4n) is 2.07. The van der Waals surface area contributed by atoms with Gasteiger partial charge in [-0.15, -0.1) is 13.2 Å². The lowest BCUT2D eigenvalue weighted by Gasteiger charge is -2.10. The topological polar surface area (TPSA) is 61.3 Å². The van der Waals surface area contributed by atoms with Gasteiger partial charge >= 0.3 is 6.36 Å². The zero-order valence-corrected chi connectivity index (χ0v) is 12.4. The molecular formula is C14H8BrF3N2O2. The average Bonchev–Trinajstić information content (AvgIpc) is 2.92. The highest BCUT2D eigenvalue weighted by molar-refractivity contribution is 9.10. The molecular weight excluding hydrogens is 365 g/mol. The molecule has 0 saturated carbocycles. The number of hydrogen-bond acceptors (Lipinski definition) is 4.